The molecule has 0 saturated carbocycles. The van der Waals surface area contributed by atoms with Crippen molar-refractivity contribution in [3.63, 3.8) is 0 Å². The fourth-order valence-corrected chi connectivity index (χ4v) is 2.98. The van der Waals surface area contributed by atoms with Crippen molar-refractivity contribution < 1.29 is 14.7 Å². The van der Waals surface area contributed by atoms with Gasteiger partial charge in [-0.15, -0.1) is 0 Å². The Hall–Kier alpha value is -2.15. The molecule has 0 spiro atoms. The molecule has 7 heteroatoms. The van der Waals surface area contributed by atoms with E-state index in [0.29, 0.717) is 25.1 Å². The van der Waals surface area contributed by atoms with E-state index in [0.717, 1.165) is 10.2 Å². The van der Waals surface area contributed by atoms with Crippen LogP contribution in [0.2, 0.25) is 0 Å². The number of halogens is 1. The zero-order valence-corrected chi connectivity index (χ0v) is 13.9. The van der Waals surface area contributed by atoms with E-state index in [4.69, 9.17) is 5.11 Å². The molecule has 1 saturated heterocycles. The van der Waals surface area contributed by atoms with Crippen molar-refractivity contribution in [3.05, 3.63) is 47.0 Å². The summed E-state index contributed by atoms with van der Waals surface area (Å²) in [6.07, 6.45) is 4.59. The van der Waals surface area contributed by atoms with Crippen LogP contribution in [0.4, 0.5) is 0 Å². The summed E-state index contributed by atoms with van der Waals surface area (Å²) in [5, 5.41) is 9.12. The molecule has 1 atom stereocenters. The van der Waals surface area contributed by atoms with E-state index < -0.39 is 11.9 Å². The highest BCUT2D eigenvalue weighted by Crippen LogP contribution is 2.19. The van der Waals surface area contributed by atoms with Crippen molar-refractivity contribution in [2.45, 2.75) is 12.8 Å². The predicted molar refractivity (Wildman–Crippen MR) is 87.5 cm³/mol. The molecule has 6 nitrogen and oxygen atoms in total. The molecule has 0 radical (unpaired) electrons. The highest BCUT2D eigenvalue weighted by Gasteiger charge is 2.29. The van der Waals surface area contributed by atoms with Gasteiger partial charge in [0, 0.05) is 29.4 Å². The summed E-state index contributed by atoms with van der Waals surface area (Å²) in [6.45, 7) is 0.826. The van der Waals surface area contributed by atoms with Gasteiger partial charge in [-0.05, 0) is 37.1 Å². The minimum Gasteiger partial charge on any atom is -0.481 e. The first-order valence-electron chi connectivity index (χ1n) is 7.36. The lowest BCUT2D eigenvalue weighted by Gasteiger charge is -2.30. The number of carboxylic acids is 1. The predicted octanol–water partition coefficient (Wildman–Crippen LogP) is 2.57. The van der Waals surface area contributed by atoms with E-state index in [-0.39, 0.29) is 12.5 Å². The van der Waals surface area contributed by atoms with Crippen LogP contribution in [0.5, 0.6) is 0 Å². The average molecular weight is 378 g/mol. The van der Waals surface area contributed by atoms with Gasteiger partial charge in [-0.2, -0.15) is 0 Å². The molecule has 1 N–H and O–H groups in total. The molecule has 1 fully saturated rings. The van der Waals surface area contributed by atoms with Gasteiger partial charge in [0.25, 0.3) is 5.91 Å². The number of hydrogen-bond donors (Lipinski definition) is 1. The molecular formula is C16H16BrN3O3. The number of carbonyl (C=O) groups excluding carboxylic acids is 1. The van der Waals surface area contributed by atoms with Crippen molar-refractivity contribution in [2.75, 3.05) is 13.1 Å². The Morgan fingerprint density at radius 3 is 2.70 bits per heavy atom. The standard InChI is InChI=1S/C16H16BrN3O3/c17-12-3-5-13(6-4-12)20-9-14(18-10-20)15(21)19-7-1-2-11(8-19)16(22)23/h3-6,9-11H,1-2,7-8H2,(H,22,23)/t11-/m0/s1. The van der Waals surface area contributed by atoms with Gasteiger partial charge in [-0.25, -0.2) is 4.98 Å². The summed E-state index contributed by atoms with van der Waals surface area (Å²) in [4.78, 5) is 29.4. The number of likely N-dealkylation sites (tertiary alicyclic amines) is 1. The maximum atomic E-state index is 12.5. The molecule has 2 heterocycles. The van der Waals surface area contributed by atoms with Gasteiger partial charge < -0.3 is 14.6 Å². The quantitative estimate of drug-likeness (QED) is 0.891. The number of carboxylic acid groups (broad SMARTS) is 1. The van der Waals surface area contributed by atoms with E-state index in [9.17, 15) is 9.59 Å². The number of piperidine rings is 1. The van der Waals surface area contributed by atoms with Crippen LogP contribution in [-0.4, -0.2) is 44.5 Å². The summed E-state index contributed by atoms with van der Waals surface area (Å²) in [5.74, 6) is -1.55. The zero-order valence-electron chi connectivity index (χ0n) is 12.4. The van der Waals surface area contributed by atoms with Gasteiger partial charge in [-0.1, -0.05) is 15.9 Å². The number of benzene rings is 1. The van der Waals surface area contributed by atoms with Crippen molar-refractivity contribution in [1.82, 2.24) is 14.5 Å². The largest absolute Gasteiger partial charge is 0.481 e. The Bertz CT molecular complexity index is 726. The first kappa shape index (κ1) is 15.7. The third kappa shape index (κ3) is 3.44. The molecule has 3 rings (SSSR count). The van der Waals surface area contributed by atoms with Crippen LogP contribution < -0.4 is 0 Å². The van der Waals surface area contributed by atoms with Crippen molar-refractivity contribution in [3.8, 4) is 5.69 Å². The molecule has 120 valence electrons. The van der Waals surface area contributed by atoms with Crippen LogP contribution in [0.15, 0.2) is 41.3 Å². The Labute approximate surface area is 141 Å². The number of amides is 1. The van der Waals surface area contributed by atoms with Gasteiger partial charge in [0.1, 0.15) is 12.0 Å². The Morgan fingerprint density at radius 2 is 2.00 bits per heavy atom. The number of aromatic nitrogens is 2. The first-order chi connectivity index (χ1) is 11.0. The second-order valence-corrected chi connectivity index (χ2v) is 6.49. The van der Waals surface area contributed by atoms with Gasteiger partial charge >= 0.3 is 5.97 Å². The fraction of sp³-hybridized carbons (Fsp3) is 0.312. The maximum Gasteiger partial charge on any atom is 0.308 e. The second kappa shape index (κ2) is 6.54. The molecule has 1 aliphatic rings. The van der Waals surface area contributed by atoms with Gasteiger partial charge in [0.2, 0.25) is 0 Å². The van der Waals surface area contributed by atoms with Gasteiger partial charge in [0.15, 0.2) is 0 Å². The summed E-state index contributed by atoms with van der Waals surface area (Å²) in [6, 6.07) is 7.67. The normalized spacial score (nSPS) is 18.0. The lowest BCUT2D eigenvalue weighted by Crippen LogP contribution is -2.42. The number of imidazole rings is 1. The monoisotopic (exact) mass is 377 g/mol. The van der Waals surface area contributed by atoms with Crippen LogP contribution in [0.3, 0.4) is 0 Å². The van der Waals surface area contributed by atoms with Crippen LogP contribution >= 0.6 is 15.9 Å². The molecule has 0 bridgehead atoms. The number of carbonyl (C=O) groups is 2. The fourth-order valence-electron chi connectivity index (χ4n) is 2.71. The average Bonchev–Trinajstić information content (AvgIpc) is 3.05. The van der Waals surface area contributed by atoms with Crippen LogP contribution in [0, 0.1) is 5.92 Å². The third-order valence-electron chi connectivity index (χ3n) is 3.98. The molecule has 23 heavy (non-hydrogen) atoms. The molecule has 0 unspecified atom stereocenters. The highest BCUT2D eigenvalue weighted by atomic mass is 79.9. The van der Waals surface area contributed by atoms with Crippen LogP contribution in [-0.2, 0) is 4.79 Å². The number of nitrogens with zero attached hydrogens (tertiary/aromatic N) is 3. The number of hydrogen-bond acceptors (Lipinski definition) is 3. The summed E-state index contributed by atoms with van der Waals surface area (Å²) < 4.78 is 2.75. The number of rotatable bonds is 3. The van der Waals surface area contributed by atoms with Gasteiger partial charge in [-0.3, -0.25) is 9.59 Å². The first-order valence-corrected chi connectivity index (χ1v) is 8.16. The zero-order chi connectivity index (χ0) is 16.4. The molecule has 0 aliphatic carbocycles. The van der Waals surface area contributed by atoms with Crippen LogP contribution in [0.1, 0.15) is 23.3 Å². The van der Waals surface area contributed by atoms with Crippen LogP contribution in [0.25, 0.3) is 5.69 Å². The summed E-state index contributed by atoms with van der Waals surface area (Å²) >= 11 is 3.38. The van der Waals surface area contributed by atoms with E-state index in [1.807, 2.05) is 24.3 Å². The smallest absolute Gasteiger partial charge is 0.308 e. The molecule has 1 aliphatic heterocycles. The molecule has 2 aromatic rings. The lowest BCUT2D eigenvalue weighted by atomic mass is 9.98. The maximum absolute atomic E-state index is 12.5. The van der Waals surface area contributed by atoms with E-state index in [1.54, 1.807) is 22.0 Å². The second-order valence-electron chi connectivity index (χ2n) is 5.57. The van der Waals surface area contributed by atoms with E-state index in [2.05, 4.69) is 20.9 Å². The Morgan fingerprint density at radius 1 is 1.26 bits per heavy atom. The molecule has 1 amide bonds. The SMILES string of the molecule is O=C(O)[C@H]1CCCN(C(=O)c2cn(-c3ccc(Br)cc3)cn2)C1. The van der Waals surface area contributed by atoms with E-state index >= 15 is 0 Å². The van der Waals surface area contributed by atoms with E-state index in [1.165, 1.54) is 0 Å². The van der Waals surface area contributed by atoms with Gasteiger partial charge in [0.05, 0.1) is 5.92 Å². The minimum atomic E-state index is -0.845. The third-order valence-corrected chi connectivity index (χ3v) is 4.51. The molecular weight excluding hydrogens is 362 g/mol. The van der Waals surface area contributed by atoms with Crippen molar-refractivity contribution >= 4 is 27.8 Å². The Kier molecular flexibility index (Phi) is 4.47. The Balaban J connectivity index is 1.75. The number of aliphatic carboxylic acids is 1. The summed E-state index contributed by atoms with van der Waals surface area (Å²) in [5.41, 5.74) is 1.24. The molecule has 1 aromatic heterocycles. The highest BCUT2D eigenvalue weighted by molar-refractivity contribution is 9.10. The topological polar surface area (TPSA) is 75.4 Å². The lowest BCUT2D eigenvalue weighted by molar-refractivity contribution is -0.143. The molecule has 1 aromatic carbocycles. The minimum absolute atomic E-state index is 0.216. The van der Waals surface area contributed by atoms with Crippen molar-refractivity contribution in [1.29, 1.82) is 0 Å². The van der Waals surface area contributed by atoms with Crippen molar-refractivity contribution in [2.24, 2.45) is 5.92 Å². The summed E-state index contributed by atoms with van der Waals surface area (Å²) in [7, 11) is 0.